The van der Waals surface area contributed by atoms with Gasteiger partial charge in [0.05, 0.1) is 17.6 Å². The van der Waals surface area contributed by atoms with E-state index in [2.05, 4.69) is 39.0 Å². The second-order valence-corrected chi connectivity index (χ2v) is 6.67. The molecule has 20 heavy (non-hydrogen) atoms. The first-order valence-electron chi connectivity index (χ1n) is 7.67. The number of aliphatic hydroxyl groups is 1. The molecule has 2 nitrogen and oxygen atoms in total. The van der Waals surface area contributed by atoms with Crippen LogP contribution >= 0.6 is 0 Å². The highest BCUT2D eigenvalue weighted by molar-refractivity contribution is 5.29. The molecule has 0 saturated heterocycles. The molecule has 1 aromatic rings. The second kappa shape index (κ2) is 5.97. The molecule has 0 radical (unpaired) electrons. The fourth-order valence-electron chi connectivity index (χ4n) is 3.11. The van der Waals surface area contributed by atoms with Crippen molar-refractivity contribution in [3.8, 4) is 6.07 Å². The molecule has 1 saturated carbocycles. The molecular weight excluding hydrogens is 246 g/mol. The molecule has 1 aliphatic rings. The third-order valence-corrected chi connectivity index (χ3v) is 4.83. The fourth-order valence-corrected chi connectivity index (χ4v) is 3.11. The topological polar surface area (TPSA) is 44.0 Å². The fraction of sp³-hybridized carbons (Fsp3) is 0.611. The van der Waals surface area contributed by atoms with E-state index in [1.54, 1.807) is 0 Å². The predicted octanol–water partition coefficient (Wildman–Crippen LogP) is 4.56. The minimum atomic E-state index is -0.666. The van der Waals surface area contributed by atoms with Gasteiger partial charge in [0.15, 0.2) is 0 Å². The highest BCUT2D eigenvalue weighted by Gasteiger charge is 2.41. The number of hydrogen-bond donors (Lipinski definition) is 1. The molecule has 0 heterocycles. The van der Waals surface area contributed by atoms with Crippen LogP contribution in [-0.4, -0.2) is 5.11 Å². The van der Waals surface area contributed by atoms with E-state index in [1.165, 1.54) is 5.56 Å². The summed E-state index contributed by atoms with van der Waals surface area (Å²) in [5, 5.41) is 20.3. The van der Waals surface area contributed by atoms with E-state index in [9.17, 15) is 10.4 Å². The third-order valence-electron chi connectivity index (χ3n) is 4.83. The van der Waals surface area contributed by atoms with Gasteiger partial charge in [0.2, 0.25) is 0 Å². The Hall–Kier alpha value is -1.33. The number of aliphatic hydroxyl groups excluding tert-OH is 1. The summed E-state index contributed by atoms with van der Waals surface area (Å²) in [6, 6.07) is 10.5. The Kier molecular flexibility index (Phi) is 4.50. The number of rotatable bonds is 3. The summed E-state index contributed by atoms with van der Waals surface area (Å²) in [5.74, 6) is 1.16. The van der Waals surface area contributed by atoms with Crippen LogP contribution in [0.15, 0.2) is 24.3 Å². The monoisotopic (exact) mass is 271 g/mol. The zero-order valence-electron chi connectivity index (χ0n) is 12.8. The van der Waals surface area contributed by atoms with E-state index >= 15 is 0 Å². The summed E-state index contributed by atoms with van der Waals surface area (Å²) in [7, 11) is 0. The molecule has 1 fully saturated rings. The summed E-state index contributed by atoms with van der Waals surface area (Å²) < 4.78 is 0. The van der Waals surface area contributed by atoms with Gasteiger partial charge in [-0.25, -0.2) is 0 Å². The van der Waals surface area contributed by atoms with Crippen LogP contribution in [0, 0.1) is 22.7 Å². The average Bonchev–Trinajstić information content (AvgIpc) is 2.48. The molecular formula is C18H25NO. The third kappa shape index (κ3) is 2.88. The Morgan fingerprint density at radius 1 is 1.15 bits per heavy atom. The van der Waals surface area contributed by atoms with Crippen LogP contribution in [0.25, 0.3) is 0 Å². The standard InChI is InChI=1S/C18H25NO/c1-13(2)15-4-6-16(7-5-15)17(20)18(12-19)10-8-14(3)9-11-18/h4-7,13-14,17,20H,8-11H2,1-3H3. The van der Waals surface area contributed by atoms with Crippen LogP contribution in [0.1, 0.15) is 69.6 Å². The minimum absolute atomic E-state index is 0.488. The van der Waals surface area contributed by atoms with Crippen LogP contribution in [0.5, 0.6) is 0 Å². The van der Waals surface area contributed by atoms with Gasteiger partial charge in [-0.15, -0.1) is 0 Å². The molecule has 1 atom stereocenters. The maximum Gasteiger partial charge on any atom is 0.0976 e. The molecule has 0 spiro atoms. The number of nitrogens with zero attached hydrogens (tertiary/aromatic N) is 1. The molecule has 1 N–H and O–H groups in total. The largest absolute Gasteiger partial charge is 0.387 e. The van der Waals surface area contributed by atoms with Crippen molar-refractivity contribution in [3.63, 3.8) is 0 Å². The van der Waals surface area contributed by atoms with Crippen molar-refractivity contribution in [2.45, 2.75) is 58.5 Å². The van der Waals surface area contributed by atoms with E-state index in [-0.39, 0.29) is 0 Å². The van der Waals surface area contributed by atoms with Gasteiger partial charge < -0.3 is 5.11 Å². The molecule has 1 aromatic carbocycles. The van der Waals surface area contributed by atoms with Crippen molar-refractivity contribution in [2.75, 3.05) is 0 Å². The van der Waals surface area contributed by atoms with Gasteiger partial charge in [-0.3, -0.25) is 0 Å². The Morgan fingerprint density at radius 3 is 2.10 bits per heavy atom. The Balaban J connectivity index is 2.20. The van der Waals surface area contributed by atoms with Crippen LogP contribution in [0.3, 0.4) is 0 Å². The molecule has 0 aromatic heterocycles. The van der Waals surface area contributed by atoms with Crippen LogP contribution < -0.4 is 0 Å². The average molecular weight is 271 g/mol. The van der Waals surface area contributed by atoms with E-state index in [0.717, 1.165) is 31.2 Å². The summed E-state index contributed by atoms with van der Waals surface area (Å²) in [4.78, 5) is 0. The van der Waals surface area contributed by atoms with Crippen LogP contribution in [0.4, 0.5) is 0 Å². The van der Waals surface area contributed by atoms with Crippen molar-refractivity contribution in [1.29, 1.82) is 5.26 Å². The van der Waals surface area contributed by atoms with Crippen molar-refractivity contribution in [3.05, 3.63) is 35.4 Å². The summed E-state index contributed by atoms with van der Waals surface area (Å²) in [5.41, 5.74) is 1.56. The second-order valence-electron chi connectivity index (χ2n) is 6.67. The Labute approximate surface area is 122 Å². The maximum absolute atomic E-state index is 10.7. The lowest BCUT2D eigenvalue weighted by Crippen LogP contribution is -2.32. The van der Waals surface area contributed by atoms with Gasteiger partial charge in [-0.2, -0.15) is 5.26 Å². The molecule has 2 rings (SSSR count). The lowest BCUT2D eigenvalue weighted by Gasteiger charge is -2.37. The number of hydrogen-bond acceptors (Lipinski definition) is 2. The SMILES string of the molecule is CC1CCC(C#N)(C(O)c2ccc(C(C)C)cc2)CC1. The minimum Gasteiger partial charge on any atom is -0.387 e. The van der Waals surface area contributed by atoms with E-state index in [0.29, 0.717) is 11.8 Å². The molecule has 0 aliphatic heterocycles. The first-order chi connectivity index (χ1) is 9.48. The van der Waals surface area contributed by atoms with Crippen molar-refractivity contribution in [2.24, 2.45) is 11.3 Å². The van der Waals surface area contributed by atoms with Crippen molar-refractivity contribution >= 4 is 0 Å². The maximum atomic E-state index is 10.7. The van der Waals surface area contributed by atoms with E-state index < -0.39 is 11.5 Å². The van der Waals surface area contributed by atoms with Crippen LogP contribution in [-0.2, 0) is 0 Å². The highest BCUT2D eigenvalue weighted by Crippen LogP contribution is 2.47. The van der Waals surface area contributed by atoms with Gasteiger partial charge in [-0.1, -0.05) is 45.0 Å². The Morgan fingerprint density at radius 2 is 1.65 bits per heavy atom. The van der Waals surface area contributed by atoms with Crippen LogP contribution in [0.2, 0.25) is 0 Å². The first kappa shape index (κ1) is 15.1. The van der Waals surface area contributed by atoms with Crippen molar-refractivity contribution in [1.82, 2.24) is 0 Å². The van der Waals surface area contributed by atoms with Gasteiger partial charge in [0.25, 0.3) is 0 Å². The number of benzene rings is 1. The highest BCUT2D eigenvalue weighted by atomic mass is 16.3. The molecule has 2 heteroatoms. The normalized spacial score (nSPS) is 28.1. The summed E-state index contributed by atoms with van der Waals surface area (Å²) >= 11 is 0. The number of nitriles is 1. The van der Waals surface area contributed by atoms with Gasteiger partial charge >= 0.3 is 0 Å². The van der Waals surface area contributed by atoms with E-state index in [1.807, 2.05) is 12.1 Å². The Bertz CT molecular complexity index is 475. The molecule has 0 bridgehead atoms. The molecule has 108 valence electrons. The van der Waals surface area contributed by atoms with Gasteiger partial charge in [0, 0.05) is 0 Å². The molecule has 0 amide bonds. The molecule has 1 aliphatic carbocycles. The zero-order chi connectivity index (χ0) is 14.8. The van der Waals surface area contributed by atoms with E-state index in [4.69, 9.17) is 0 Å². The quantitative estimate of drug-likeness (QED) is 0.875. The smallest absolute Gasteiger partial charge is 0.0976 e. The van der Waals surface area contributed by atoms with Crippen molar-refractivity contribution < 1.29 is 5.11 Å². The van der Waals surface area contributed by atoms with Gasteiger partial charge in [0.1, 0.15) is 0 Å². The predicted molar refractivity (Wildman–Crippen MR) is 81.2 cm³/mol. The summed E-state index contributed by atoms with van der Waals surface area (Å²) in [6.45, 7) is 6.54. The van der Waals surface area contributed by atoms with Gasteiger partial charge in [-0.05, 0) is 48.6 Å². The first-order valence-corrected chi connectivity index (χ1v) is 7.67. The zero-order valence-corrected chi connectivity index (χ0v) is 12.8. The lowest BCUT2D eigenvalue weighted by atomic mass is 9.67. The summed E-state index contributed by atoms with van der Waals surface area (Å²) in [6.07, 6.45) is 3.01. The lowest BCUT2D eigenvalue weighted by molar-refractivity contribution is 0.0266. The molecule has 1 unspecified atom stereocenters.